The predicted molar refractivity (Wildman–Crippen MR) is 62.5 cm³/mol. The van der Waals surface area contributed by atoms with Gasteiger partial charge in [-0.05, 0) is 6.42 Å². The summed E-state index contributed by atoms with van der Waals surface area (Å²) in [4.78, 5) is 0. The van der Waals surface area contributed by atoms with Gasteiger partial charge in [0.2, 0.25) is 0 Å². The average molecular weight is 251 g/mol. The molecule has 1 nitrogen and oxygen atoms in total. The fourth-order valence-electron chi connectivity index (χ4n) is 0.275. The Balaban J connectivity index is 4.17. The standard InChI is InChI=1S/C3H8NS6/c1-2-3-4-10(7,8)9(5)6/h4H,2-3H2,1H3/q-1. The Kier molecular flexibility index (Phi) is 6.04. The number of rotatable bonds is 4. The molecule has 0 radical (unpaired) electrons. The zero-order valence-corrected chi connectivity index (χ0v) is 10.3. The van der Waals surface area contributed by atoms with Crippen LogP contribution in [0.25, 0.3) is 0 Å². The molecule has 0 rings (SSSR count). The van der Waals surface area contributed by atoms with Crippen LogP contribution >= 0.6 is 0 Å². The highest BCUT2D eigenvalue weighted by Crippen LogP contribution is 1.87. The number of hydrogen-bond acceptors (Lipinski definition) is 5. The molecule has 1 N–H and O–H groups in total. The highest BCUT2D eigenvalue weighted by atomic mass is 33.7. The topological polar surface area (TPSA) is 12.0 Å². The summed E-state index contributed by atoms with van der Waals surface area (Å²) in [5.74, 6) is 0. The molecule has 0 amide bonds. The molecule has 0 aliphatic heterocycles. The van der Waals surface area contributed by atoms with Gasteiger partial charge in [0.05, 0.1) is 0 Å². The van der Waals surface area contributed by atoms with Gasteiger partial charge in [-0.25, -0.2) is 22.4 Å². The predicted octanol–water partition coefficient (Wildman–Crippen LogP) is 0.436. The molecule has 0 bridgehead atoms. The van der Waals surface area contributed by atoms with Gasteiger partial charge < -0.3 is 0 Å². The van der Waals surface area contributed by atoms with E-state index in [2.05, 4.69) is 11.6 Å². The maximum Gasteiger partial charge on any atom is 0.00452 e. The number of hydrogen-bond donors (Lipinski definition) is 1. The van der Waals surface area contributed by atoms with Crippen LogP contribution in [0.2, 0.25) is 0 Å². The van der Waals surface area contributed by atoms with Gasteiger partial charge in [-0.1, -0.05) is 29.3 Å². The lowest BCUT2D eigenvalue weighted by Crippen LogP contribution is -2.21. The Morgan fingerprint density at radius 3 is 2.20 bits per heavy atom. The summed E-state index contributed by atoms with van der Waals surface area (Å²) in [6.07, 6.45) is -0.669. The van der Waals surface area contributed by atoms with Crippen molar-refractivity contribution in [2.45, 2.75) is 13.3 Å². The van der Waals surface area contributed by atoms with Crippen molar-refractivity contribution in [3.05, 3.63) is 0 Å². The van der Waals surface area contributed by atoms with Crippen molar-refractivity contribution in [2.75, 3.05) is 6.54 Å². The van der Waals surface area contributed by atoms with Gasteiger partial charge in [-0.15, -0.1) is 6.36 Å². The van der Waals surface area contributed by atoms with Gasteiger partial charge in [0.15, 0.2) is 0 Å². The van der Waals surface area contributed by atoms with E-state index in [0.29, 0.717) is 0 Å². The summed E-state index contributed by atoms with van der Waals surface area (Å²) >= 11 is 19.7. The number of nitrogens with one attached hydrogen (secondary N) is 1. The second kappa shape index (κ2) is 5.23. The third kappa shape index (κ3) is 4.42. The zero-order chi connectivity index (χ0) is 8.20. The smallest absolute Gasteiger partial charge is 0.00452 e. The highest BCUT2D eigenvalue weighted by molar-refractivity contribution is 9.04. The fraction of sp³-hybridized carbons (Fsp3) is 1.00. The third-order valence-electron chi connectivity index (χ3n) is 0.708. The molecule has 0 aromatic heterocycles. The summed E-state index contributed by atoms with van der Waals surface area (Å²) in [6, 6.07) is 0. The van der Waals surface area contributed by atoms with E-state index in [0.717, 1.165) is 13.0 Å². The van der Waals surface area contributed by atoms with Gasteiger partial charge in [-0.2, -0.15) is 0 Å². The molecule has 0 aromatic carbocycles. The molecule has 0 aliphatic rings. The van der Waals surface area contributed by atoms with Crippen LogP contribution in [-0.2, 0) is 58.2 Å². The summed E-state index contributed by atoms with van der Waals surface area (Å²) in [5, 5.41) is 0. The van der Waals surface area contributed by atoms with Crippen LogP contribution in [0.1, 0.15) is 13.3 Å². The molecular formula is C3H8NS6-. The molecule has 10 heavy (non-hydrogen) atoms. The molecule has 0 heterocycles. The Bertz CT molecular complexity index is 238. The third-order valence-corrected chi connectivity index (χ3v) is 13.0. The van der Waals surface area contributed by atoms with E-state index in [4.69, 9.17) is 44.8 Å². The van der Waals surface area contributed by atoms with E-state index in [1.807, 2.05) is 0 Å². The Morgan fingerprint density at radius 1 is 1.40 bits per heavy atom. The Morgan fingerprint density at radius 2 is 1.90 bits per heavy atom. The van der Waals surface area contributed by atoms with Crippen LogP contribution in [0, 0.1) is 0 Å². The van der Waals surface area contributed by atoms with Gasteiger partial charge in [-0.3, -0.25) is 11.8 Å². The van der Waals surface area contributed by atoms with Crippen molar-refractivity contribution in [3.8, 4) is 0 Å². The molecule has 0 spiro atoms. The SMILES string of the molecule is CCCNS(=S)(=S)[S-](=S)=S. The normalized spacial score (nSPS) is 12.2. The monoisotopic (exact) mass is 250 g/mol. The van der Waals surface area contributed by atoms with Crippen LogP contribution in [0.4, 0.5) is 0 Å². The van der Waals surface area contributed by atoms with Gasteiger partial charge in [0, 0.05) is 6.54 Å². The van der Waals surface area contributed by atoms with Crippen molar-refractivity contribution in [1.82, 2.24) is 4.72 Å². The first-order chi connectivity index (χ1) is 4.50. The van der Waals surface area contributed by atoms with Crippen LogP contribution in [0.5, 0.6) is 0 Å². The second-order valence-electron chi connectivity index (χ2n) is 1.55. The van der Waals surface area contributed by atoms with E-state index >= 15 is 0 Å². The van der Waals surface area contributed by atoms with Gasteiger partial charge in [0.25, 0.3) is 0 Å². The molecular weight excluding hydrogens is 242 g/mol. The zero-order valence-electron chi connectivity index (χ0n) is 5.36. The average Bonchev–Trinajstić information content (AvgIpc) is 1.84. The summed E-state index contributed by atoms with van der Waals surface area (Å²) < 4.78 is 3.03. The van der Waals surface area contributed by atoms with Crippen LogP contribution in [0.15, 0.2) is 0 Å². The molecule has 0 aliphatic carbocycles. The van der Waals surface area contributed by atoms with E-state index in [-0.39, 0.29) is 0 Å². The van der Waals surface area contributed by atoms with E-state index in [1.165, 1.54) is 0 Å². The molecule has 0 atom stereocenters. The van der Waals surface area contributed by atoms with E-state index in [1.54, 1.807) is 0 Å². The lowest BCUT2D eigenvalue weighted by Gasteiger charge is -2.14. The maximum atomic E-state index is 5.02. The fourth-order valence-corrected chi connectivity index (χ4v) is 2.73. The highest BCUT2D eigenvalue weighted by Gasteiger charge is 1.85. The Labute approximate surface area is 82.1 Å². The molecule has 0 saturated carbocycles. The van der Waals surface area contributed by atoms with Crippen LogP contribution < -0.4 is 4.72 Å². The first-order valence-corrected chi connectivity index (χ1v) is 9.67. The maximum absolute atomic E-state index is 5.02. The molecule has 62 valence electrons. The van der Waals surface area contributed by atoms with E-state index < -0.39 is 13.4 Å². The second-order valence-corrected chi connectivity index (χ2v) is 14.5. The first kappa shape index (κ1) is 11.5. The van der Waals surface area contributed by atoms with Crippen molar-refractivity contribution in [3.63, 3.8) is 0 Å². The summed E-state index contributed by atoms with van der Waals surface area (Å²) in [6.45, 7) is 2.89. The van der Waals surface area contributed by atoms with Crippen molar-refractivity contribution >= 4 is 58.2 Å². The van der Waals surface area contributed by atoms with Crippen molar-refractivity contribution in [2.24, 2.45) is 0 Å². The molecule has 0 unspecified atom stereocenters. The van der Waals surface area contributed by atoms with Crippen molar-refractivity contribution < 1.29 is 0 Å². The first-order valence-electron chi connectivity index (χ1n) is 2.60. The molecule has 0 aromatic rings. The molecule has 0 fully saturated rings. The minimum absolute atomic E-state index is 0.659. The van der Waals surface area contributed by atoms with Crippen LogP contribution in [0.3, 0.4) is 0 Å². The lowest BCUT2D eigenvalue weighted by molar-refractivity contribution is 0.879. The minimum atomic E-state index is -1.69. The molecule has 7 heteroatoms. The van der Waals surface area contributed by atoms with Crippen LogP contribution in [-0.4, -0.2) is 6.54 Å². The van der Waals surface area contributed by atoms with Crippen molar-refractivity contribution in [1.29, 1.82) is 0 Å². The lowest BCUT2D eigenvalue weighted by atomic mass is 10.5. The molecule has 0 saturated heterocycles. The minimum Gasteiger partial charge on any atom is -0.274 e. The largest absolute Gasteiger partial charge is 0.274 e. The van der Waals surface area contributed by atoms with Gasteiger partial charge in [0.1, 0.15) is 0 Å². The quantitative estimate of drug-likeness (QED) is 0.572. The Hall–Kier alpha value is 1.54. The van der Waals surface area contributed by atoms with Gasteiger partial charge >= 0.3 is 0 Å². The summed E-state index contributed by atoms with van der Waals surface area (Å²) in [7, 11) is -0.659. The van der Waals surface area contributed by atoms with E-state index in [9.17, 15) is 0 Å². The summed E-state index contributed by atoms with van der Waals surface area (Å²) in [5.41, 5.74) is 0.